The maximum atomic E-state index is 14.2. The Bertz CT molecular complexity index is 1520. The van der Waals surface area contributed by atoms with E-state index in [0.717, 1.165) is 41.9 Å². The van der Waals surface area contributed by atoms with Crippen LogP contribution < -0.4 is 16.4 Å². The number of nitrogens with two attached hydrogens (primary N) is 1. The number of piperidine rings is 2. The molecular formula is C37H51ClN8O3. The number of anilines is 2. The van der Waals surface area contributed by atoms with Crippen LogP contribution in [0, 0.1) is 6.92 Å². The first-order chi connectivity index (χ1) is 23.6. The quantitative estimate of drug-likeness (QED) is 0.392. The number of nitrogen functional groups attached to an aromatic ring is 1. The van der Waals surface area contributed by atoms with Crippen molar-refractivity contribution in [1.82, 2.24) is 29.8 Å². The van der Waals surface area contributed by atoms with Gasteiger partial charge in [0.15, 0.2) is 0 Å². The van der Waals surface area contributed by atoms with Gasteiger partial charge in [0, 0.05) is 82.1 Å². The zero-order valence-electron chi connectivity index (χ0n) is 28.9. The Morgan fingerprint density at radius 2 is 1.61 bits per heavy atom. The van der Waals surface area contributed by atoms with Gasteiger partial charge in [0.25, 0.3) is 0 Å². The molecular weight excluding hydrogens is 640 g/mol. The molecule has 5 heterocycles. The number of nitrogens with zero attached hydrogens (tertiary/aromatic N) is 5. The van der Waals surface area contributed by atoms with E-state index in [-0.39, 0.29) is 24.0 Å². The van der Waals surface area contributed by atoms with Crippen molar-refractivity contribution in [3.63, 3.8) is 0 Å². The average molecular weight is 691 g/mol. The Hall–Kier alpha value is -3.54. The van der Waals surface area contributed by atoms with Gasteiger partial charge in [0.05, 0.1) is 10.7 Å². The van der Waals surface area contributed by atoms with E-state index in [9.17, 15) is 14.4 Å². The van der Waals surface area contributed by atoms with Crippen molar-refractivity contribution in [3.8, 4) is 0 Å². The zero-order valence-corrected chi connectivity index (χ0v) is 29.6. The van der Waals surface area contributed by atoms with Gasteiger partial charge < -0.3 is 36.0 Å². The van der Waals surface area contributed by atoms with E-state index in [0.29, 0.717) is 80.8 Å². The first-order valence-electron chi connectivity index (χ1n) is 18.1. The number of rotatable bonds is 6. The molecule has 0 aromatic heterocycles. The Kier molecular flexibility index (Phi) is 9.95. The summed E-state index contributed by atoms with van der Waals surface area (Å²) in [5.41, 5.74) is 10.4. The van der Waals surface area contributed by atoms with E-state index >= 15 is 0 Å². The highest BCUT2D eigenvalue weighted by Crippen LogP contribution is 2.36. The van der Waals surface area contributed by atoms with Gasteiger partial charge in [-0.1, -0.05) is 35.9 Å². The van der Waals surface area contributed by atoms with Crippen molar-refractivity contribution in [2.24, 2.45) is 0 Å². The number of piperazine rings is 1. The fourth-order valence-electron chi connectivity index (χ4n) is 8.95. The second kappa shape index (κ2) is 14.4. The molecule has 5 aliphatic heterocycles. The minimum Gasteiger partial charge on any atom is -0.397 e. The molecule has 2 aromatic rings. The monoisotopic (exact) mass is 690 g/mol. The predicted octanol–water partition coefficient (Wildman–Crippen LogP) is 4.18. The Morgan fingerprint density at radius 3 is 2.31 bits per heavy atom. The number of urea groups is 2. The van der Waals surface area contributed by atoms with Crippen LogP contribution >= 0.6 is 11.6 Å². The Balaban J connectivity index is 0.981. The van der Waals surface area contributed by atoms with Crippen LogP contribution in [-0.4, -0.2) is 126 Å². The topological polar surface area (TPSA) is 117 Å². The Morgan fingerprint density at radius 1 is 0.918 bits per heavy atom. The van der Waals surface area contributed by atoms with Gasteiger partial charge in [0.1, 0.15) is 6.04 Å². The SMILES string of the molecule is Cc1cc(C[C@@H](NC(=O)N2CCC(N3CCc4ccccc4NC3=O)CC2)C(=O)N2CCN(C3CC4CCC(C3)N4C)CC2)cc(Cl)c1N. The van der Waals surface area contributed by atoms with Crippen LogP contribution in [0.2, 0.25) is 5.02 Å². The molecule has 0 saturated carbocycles. The molecule has 264 valence electrons. The molecule has 2 aromatic carbocycles. The molecule has 4 saturated heterocycles. The number of hydrogen-bond donors (Lipinski definition) is 3. The molecule has 2 unspecified atom stereocenters. The number of carbonyl (C=O) groups is 3. The summed E-state index contributed by atoms with van der Waals surface area (Å²) < 4.78 is 0. The molecule has 12 heteroatoms. The number of carbonyl (C=O) groups excluding carboxylic acids is 3. The van der Waals surface area contributed by atoms with Gasteiger partial charge in [-0.05, 0) is 87.7 Å². The van der Waals surface area contributed by atoms with Crippen LogP contribution in [0.3, 0.4) is 0 Å². The summed E-state index contributed by atoms with van der Waals surface area (Å²) in [6.07, 6.45) is 7.51. The smallest absolute Gasteiger partial charge is 0.322 e. The fraction of sp³-hybridized carbons (Fsp3) is 0.595. The van der Waals surface area contributed by atoms with E-state index in [1.807, 2.05) is 41.0 Å². The number of para-hydroxylation sites is 1. The average Bonchev–Trinajstić information content (AvgIpc) is 3.25. The van der Waals surface area contributed by atoms with Gasteiger partial charge in [-0.3, -0.25) is 9.69 Å². The van der Waals surface area contributed by atoms with Crippen molar-refractivity contribution in [1.29, 1.82) is 0 Å². The maximum Gasteiger partial charge on any atom is 0.322 e. The summed E-state index contributed by atoms with van der Waals surface area (Å²) >= 11 is 6.45. The number of likely N-dealkylation sites (tertiary alicyclic amines) is 1. The van der Waals surface area contributed by atoms with Gasteiger partial charge >= 0.3 is 12.1 Å². The molecule has 5 amide bonds. The van der Waals surface area contributed by atoms with Crippen molar-refractivity contribution in [2.45, 2.75) is 88.5 Å². The number of fused-ring (bicyclic) bond motifs is 3. The molecule has 7 rings (SSSR count). The number of nitrogens with one attached hydrogen (secondary N) is 2. The lowest BCUT2D eigenvalue weighted by Gasteiger charge is -2.45. The van der Waals surface area contributed by atoms with E-state index in [1.165, 1.54) is 25.7 Å². The van der Waals surface area contributed by atoms with Gasteiger partial charge in [0.2, 0.25) is 5.91 Å². The molecule has 0 spiro atoms. The molecule has 4 fully saturated rings. The summed E-state index contributed by atoms with van der Waals surface area (Å²) in [6, 6.07) is 12.6. The molecule has 0 radical (unpaired) electrons. The third-order valence-electron chi connectivity index (χ3n) is 12.0. The van der Waals surface area contributed by atoms with E-state index in [2.05, 4.69) is 33.5 Å². The van der Waals surface area contributed by atoms with E-state index in [4.69, 9.17) is 17.3 Å². The highest BCUT2D eigenvalue weighted by Gasteiger charge is 2.41. The Labute approximate surface area is 295 Å². The second-order valence-corrected chi connectivity index (χ2v) is 15.2. The van der Waals surface area contributed by atoms with Crippen LogP contribution in [0.4, 0.5) is 21.0 Å². The van der Waals surface area contributed by atoms with Crippen molar-refractivity contribution >= 4 is 40.9 Å². The van der Waals surface area contributed by atoms with Crippen LogP contribution in [0.5, 0.6) is 0 Å². The first-order valence-corrected chi connectivity index (χ1v) is 18.5. The summed E-state index contributed by atoms with van der Waals surface area (Å²) in [7, 11) is 2.27. The molecule has 3 atom stereocenters. The fourth-order valence-corrected chi connectivity index (χ4v) is 9.24. The molecule has 2 bridgehead atoms. The highest BCUT2D eigenvalue weighted by atomic mass is 35.5. The summed E-state index contributed by atoms with van der Waals surface area (Å²) in [6.45, 7) is 6.60. The van der Waals surface area contributed by atoms with Gasteiger partial charge in [-0.25, -0.2) is 9.59 Å². The zero-order chi connectivity index (χ0) is 34.2. The predicted molar refractivity (Wildman–Crippen MR) is 193 cm³/mol. The third-order valence-corrected chi connectivity index (χ3v) is 12.3. The number of halogens is 1. The minimum atomic E-state index is -0.732. The van der Waals surface area contributed by atoms with Crippen LogP contribution in [0.1, 0.15) is 55.2 Å². The number of benzene rings is 2. The summed E-state index contributed by atoms with van der Waals surface area (Å²) in [4.78, 5) is 51.9. The lowest BCUT2D eigenvalue weighted by Crippen LogP contribution is -2.60. The first kappa shape index (κ1) is 33.9. The number of amides is 5. The molecule has 5 aliphatic rings. The number of aryl methyl sites for hydroxylation is 1. The summed E-state index contributed by atoms with van der Waals surface area (Å²) in [5, 5.41) is 6.64. The molecule has 49 heavy (non-hydrogen) atoms. The molecule has 11 nitrogen and oxygen atoms in total. The highest BCUT2D eigenvalue weighted by molar-refractivity contribution is 6.33. The van der Waals surface area contributed by atoms with Crippen LogP contribution in [0.15, 0.2) is 36.4 Å². The van der Waals surface area contributed by atoms with Gasteiger partial charge in [-0.2, -0.15) is 0 Å². The lowest BCUT2D eigenvalue weighted by molar-refractivity contribution is -0.135. The number of hydrogen-bond acceptors (Lipinski definition) is 6. The van der Waals surface area contributed by atoms with E-state index < -0.39 is 6.04 Å². The third kappa shape index (κ3) is 7.21. The van der Waals surface area contributed by atoms with E-state index in [1.54, 1.807) is 11.0 Å². The van der Waals surface area contributed by atoms with Crippen molar-refractivity contribution < 1.29 is 14.4 Å². The molecule has 0 aliphatic carbocycles. The normalized spacial score (nSPS) is 25.8. The summed E-state index contributed by atoms with van der Waals surface area (Å²) in [5.74, 6) is -0.0577. The van der Waals surface area contributed by atoms with Crippen LogP contribution in [0.25, 0.3) is 0 Å². The standard InChI is InChI=1S/C37H51ClN8O3/c1-24-19-25(20-31(38)34(24)39)21-33(35(47)44-17-15-43(16-18-44)30-22-28-7-8-29(23-30)42(28)2)41-36(48)45-12-10-27(11-13-45)46-14-9-26-5-3-4-6-32(26)40-37(46)49/h3-6,19-20,27-30,33H,7-18,21-23,39H2,1-2H3,(H,40,49)(H,41,48)/t28?,29?,30?,33-/m1/s1. The largest absolute Gasteiger partial charge is 0.397 e. The lowest BCUT2D eigenvalue weighted by atomic mass is 9.96. The van der Waals surface area contributed by atoms with Crippen molar-refractivity contribution in [3.05, 3.63) is 58.1 Å². The van der Waals surface area contributed by atoms with Crippen LogP contribution in [-0.2, 0) is 17.6 Å². The maximum absolute atomic E-state index is 14.2. The second-order valence-electron chi connectivity index (χ2n) is 14.8. The molecule has 4 N–H and O–H groups in total. The minimum absolute atomic E-state index is 0.0479. The van der Waals surface area contributed by atoms with Gasteiger partial charge in [-0.15, -0.1) is 0 Å². The van der Waals surface area contributed by atoms with Crippen molar-refractivity contribution in [2.75, 3.05) is 63.9 Å².